The number of unbranched alkanes of at least 4 members (excludes halogenated alkanes) is 3. The minimum atomic E-state index is -0.00287. The molecule has 92 valence electrons. The summed E-state index contributed by atoms with van der Waals surface area (Å²) in [4.78, 5) is 3.51. The number of hydrogen-bond acceptors (Lipinski definition) is 5. The van der Waals surface area contributed by atoms with Crippen molar-refractivity contribution in [1.29, 1.82) is 0 Å². The molecule has 0 bridgehead atoms. The van der Waals surface area contributed by atoms with Gasteiger partial charge in [0.1, 0.15) is 0 Å². The predicted molar refractivity (Wildman–Crippen MR) is 65.5 cm³/mol. The fourth-order valence-electron chi connectivity index (χ4n) is 0.843. The third kappa shape index (κ3) is 7.62. The van der Waals surface area contributed by atoms with Crippen molar-refractivity contribution < 1.29 is 5.11 Å². The van der Waals surface area contributed by atoms with Gasteiger partial charge < -0.3 is 10.8 Å². The predicted octanol–water partition coefficient (Wildman–Crippen LogP) is 2.32. The lowest BCUT2D eigenvalue weighted by molar-refractivity contribution is 0.283. The zero-order valence-electron chi connectivity index (χ0n) is 9.16. The van der Waals surface area contributed by atoms with Crippen molar-refractivity contribution in [3.63, 3.8) is 0 Å². The lowest BCUT2D eigenvalue weighted by atomic mass is 10.2. The molecule has 0 aliphatic carbocycles. The average Bonchev–Trinajstić information content (AvgIpc) is 2.26. The maximum atomic E-state index is 8.29. The van der Waals surface area contributed by atoms with Crippen LogP contribution in [0.1, 0.15) is 32.6 Å². The molecule has 1 heterocycles. The van der Waals surface area contributed by atoms with Crippen molar-refractivity contribution in [2.24, 2.45) is 0 Å². The van der Waals surface area contributed by atoms with Crippen molar-refractivity contribution in [1.82, 2.24) is 15.2 Å². The lowest BCUT2D eigenvalue weighted by Crippen LogP contribution is -1.96. The Hall–Kier alpha value is -0.650. The van der Waals surface area contributed by atoms with E-state index in [0.717, 1.165) is 6.42 Å². The van der Waals surface area contributed by atoms with Crippen LogP contribution in [0.2, 0.25) is 10.4 Å². The van der Waals surface area contributed by atoms with E-state index < -0.39 is 0 Å². The molecule has 0 aliphatic rings. The van der Waals surface area contributed by atoms with Crippen LogP contribution in [0.4, 0.5) is 5.82 Å². The van der Waals surface area contributed by atoms with E-state index in [1.54, 1.807) is 0 Å². The van der Waals surface area contributed by atoms with Crippen LogP contribution in [0.5, 0.6) is 0 Å². The molecule has 3 N–H and O–H groups in total. The number of nitrogens with two attached hydrogens (primary N) is 1. The largest absolute Gasteiger partial charge is 0.396 e. The topological polar surface area (TPSA) is 84.9 Å². The summed E-state index contributed by atoms with van der Waals surface area (Å²) in [6.07, 6.45) is 4.68. The first kappa shape index (κ1) is 15.3. The first-order valence-corrected chi connectivity index (χ1v) is 5.79. The van der Waals surface area contributed by atoms with Crippen molar-refractivity contribution in [2.75, 3.05) is 12.3 Å². The Bertz CT molecular complexity index is 295. The van der Waals surface area contributed by atoms with Gasteiger partial charge in [-0.1, -0.05) is 37.8 Å². The van der Waals surface area contributed by atoms with Crippen LogP contribution < -0.4 is 5.73 Å². The van der Waals surface area contributed by atoms with E-state index in [9.17, 15) is 0 Å². The van der Waals surface area contributed by atoms with Crippen molar-refractivity contribution >= 4 is 29.0 Å². The Morgan fingerprint density at radius 3 is 2.31 bits per heavy atom. The van der Waals surface area contributed by atoms with Gasteiger partial charge in [0.05, 0.1) is 0 Å². The molecule has 0 amide bonds. The van der Waals surface area contributed by atoms with Crippen molar-refractivity contribution in [3.8, 4) is 0 Å². The number of aromatic nitrogens is 3. The fourth-order valence-corrected chi connectivity index (χ4v) is 1.05. The normalized spacial score (nSPS) is 9.50. The van der Waals surface area contributed by atoms with Gasteiger partial charge in [0.2, 0.25) is 5.28 Å². The van der Waals surface area contributed by atoms with E-state index in [4.69, 9.17) is 34.0 Å². The Balaban J connectivity index is 0.000000293. The molecule has 0 spiro atoms. The highest BCUT2D eigenvalue weighted by Gasteiger charge is 1.98. The van der Waals surface area contributed by atoms with E-state index in [2.05, 4.69) is 22.1 Å². The molecular formula is C9H16Cl2N4O. The van der Waals surface area contributed by atoms with Crippen LogP contribution in [-0.4, -0.2) is 26.9 Å². The second-order valence-corrected chi connectivity index (χ2v) is 3.74. The van der Waals surface area contributed by atoms with Crippen molar-refractivity contribution in [2.45, 2.75) is 32.6 Å². The summed E-state index contributed by atoms with van der Waals surface area (Å²) >= 11 is 10.7. The molecule has 16 heavy (non-hydrogen) atoms. The molecule has 5 nitrogen and oxygen atoms in total. The number of rotatable bonds is 4. The summed E-state index contributed by atoms with van der Waals surface area (Å²) in [5.41, 5.74) is 5.19. The van der Waals surface area contributed by atoms with Gasteiger partial charge in [-0.25, -0.2) is 0 Å². The molecule has 7 heteroatoms. The molecule has 1 aromatic rings. The Kier molecular flexibility index (Phi) is 9.18. The minimum Gasteiger partial charge on any atom is -0.396 e. The van der Waals surface area contributed by atoms with Gasteiger partial charge in [0.25, 0.3) is 0 Å². The first-order chi connectivity index (χ1) is 7.61. The van der Waals surface area contributed by atoms with Gasteiger partial charge in [-0.15, -0.1) is 10.2 Å². The molecule has 1 rings (SSSR count). The number of halogens is 2. The molecule has 0 saturated heterocycles. The molecule has 0 atom stereocenters. The highest BCUT2D eigenvalue weighted by molar-refractivity contribution is 6.32. The lowest BCUT2D eigenvalue weighted by Gasteiger charge is -1.91. The summed E-state index contributed by atoms with van der Waals surface area (Å²) in [6.45, 7) is 2.53. The minimum absolute atomic E-state index is 0.00287. The van der Waals surface area contributed by atoms with Crippen LogP contribution in [-0.2, 0) is 0 Å². The third-order valence-electron chi connectivity index (χ3n) is 1.66. The van der Waals surface area contributed by atoms with E-state index in [1.165, 1.54) is 19.3 Å². The smallest absolute Gasteiger partial charge is 0.245 e. The van der Waals surface area contributed by atoms with Crippen molar-refractivity contribution in [3.05, 3.63) is 10.4 Å². The van der Waals surface area contributed by atoms with Gasteiger partial charge in [-0.05, 0) is 18.0 Å². The molecule has 0 unspecified atom stereocenters. The maximum absolute atomic E-state index is 8.29. The number of nitrogen functional groups attached to an aromatic ring is 1. The number of aliphatic hydroxyl groups excluding tert-OH is 1. The third-order valence-corrected chi connectivity index (χ3v) is 2.09. The maximum Gasteiger partial charge on any atom is 0.245 e. The zero-order chi connectivity index (χ0) is 12.4. The average molecular weight is 267 g/mol. The number of aliphatic hydroxyl groups is 1. The Morgan fingerprint density at radius 2 is 1.88 bits per heavy atom. The summed E-state index contributed by atoms with van der Waals surface area (Å²) in [7, 11) is 0. The van der Waals surface area contributed by atoms with E-state index in [0.29, 0.717) is 6.61 Å². The molecule has 1 aromatic heterocycles. The number of nitrogens with zero attached hydrogens (tertiary/aromatic N) is 3. The van der Waals surface area contributed by atoms with E-state index in [-0.39, 0.29) is 16.3 Å². The summed E-state index contributed by atoms with van der Waals surface area (Å²) < 4.78 is 0. The van der Waals surface area contributed by atoms with Crippen LogP contribution in [0, 0.1) is 0 Å². The van der Waals surface area contributed by atoms with Gasteiger partial charge in [0, 0.05) is 6.61 Å². The standard InChI is InChI=1S/C6H14O.C3H2Cl2N4/c1-2-3-4-5-6-7;4-1-2(6)7-3(5)9-8-1/h7H,2-6H2,1H3;(H2,6,7,9). The monoisotopic (exact) mass is 266 g/mol. The van der Waals surface area contributed by atoms with Gasteiger partial charge in [0.15, 0.2) is 11.0 Å². The quantitative estimate of drug-likeness (QED) is 0.818. The van der Waals surface area contributed by atoms with E-state index in [1.807, 2.05) is 0 Å². The zero-order valence-corrected chi connectivity index (χ0v) is 10.7. The number of hydrogen-bond donors (Lipinski definition) is 2. The first-order valence-electron chi connectivity index (χ1n) is 5.03. The number of anilines is 1. The van der Waals surface area contributed by atoms with Gasteiger partial charge in [-0.3, -0.25) is 0 Å². The second kappa shape index (κ2) is 9.57. The summed E-state index contributed by atoms with van der Waals surface area (Å²) in [6, 6.07) is 0. The van der Waals surface area contributed by atoms with Crippen LogP contribution in [0.25, 0.3) is 0 Å². The SMILES string of the molecule is CCCCCCO.Nc1nc(Cl)nnc1Cl. The van der Waals surface area contributed by atoms with E-state index >= 15 is 0 Å². The van der Waals surface area contributed by atoms with Gasteiger partial charge in [-0.2, -0.15) is 4.98 Å². The molecular weight excluding hydrogens is 251 g/mol. The fraction of sp³-hybridized carbons (Fsp3) is 0.667. The highest BCUT2D eigenvalue weighted by atomic mass is 35.5. The molecule has 0 aliphatic heterocycles. The summed E-state index contributed by atoms with van der Waals surface area (Å²) in [5.74, 6) is 0.0941. The Labute approximate surface area is 105 Å². The second-order valence-electron chi connectivity index (χ2n) is 3.04. The summed E-state index contributed by atoms with van der Waals surface area (Å²) in [5, 5.41) is 15.1. The highest BCUT2D eigenvalue weighted by Crippen LogP contribution is 2.11. The van der Waals surface area contributed by atoms with Crippen LogP contribution in [0.3, 0.4) is 0 Å². The Morgan fingerprint density at radius 1 is 1.19 bits per heavy atom. The van der Waals surface area contributed by atoms with Crippen LogP contribution >= 0.6 is 23.2 Å². The van der Waals surface area contributed by atoms with Gasteiger partial charge >= 0.3 is 0 Å². The molecule has 0 radical (unpaired) electrons. The molecule has 0 saturated carbocycles. The molecule has 0 aromatic carbocycles. The molecule has 0 fully saturated rings. The van der Waals surface area contributed by atoms with Crippen LogP contribution in [0.15, 0.2) is 0 Å².